The molecule has 4 rings (SSSR count). The zero-order valence-corrected chi connectivity index (χ0v) is 23.1. The molecule has 0 saturated heterocycles. The van der Waals surface area contributed by atoms with Crippen LogP contribution >= 0.6 is 0 Å². The van der Waals surface area contributed by atoms with Crippen LogP contribution < -0.4 is 14.8 Å². The van der Waals surface area contributed by atoms with E-state index in [0.717, 1.165) is 30.3 Å². The maximum absolute atomic E-state index is 17.2. The van der Waals surface area contributed by atoms with Crippen molar-refractivity contribution in [2.24, 2.45) is 0 Å². The minimum Gasteiger partial charge on any atom is -0.488 e. The van der Waals surface area contributed by atoms with Gasteiger partial charge in [-0.15, -0.1) is 0 Å². The molecule has 0 bridgehead atoms. The Labute approximate surface area is 247 Å². The molecule has 0 fully saturated rings. The quantitative estimate of drug-likeness (QED) is 0.171. The van der Waals surface area contributed by atoms with Crippen LogP contribution in [0, 0.1) is 11.6 Å². The van der Waals surface area contributed by atoms with Gasteiger partial charge in [0.2, 0.25) is 0 Å². The largest absolute Gasteiger partial charge is 0.488 e. The third-order valence-electron chi connectivity index (χ3n) is 6.48. The predicted molar refractivity (Wildman–Crippen MR) is 145 cm³/mol. The Hall–Kier alpha value is -4.61. The summed E-state index contributed by atoms with van der Waals surface area (Å²) in [7, 11) is 0. The van der Waals surface area contributed by atoms with Crippen LogP contribution in [0.25, 0.3) is 0 Å². The first-order valence-electron chi connectivity index (χ1n) is 13.1. The summed E-state index contributed by atoms with van der Waals surface area (Å²) in [5.74, 6) is -9.55. The van der Waals surface area contributed by atoms with E-state index in [1.165, 1.54) is 56.3 Å². The molecule has 44 heavy (non-hydrogen) atoms. The minimum absolute atomic E-state index is 0.126. The Kier molecular flexibility index (Phi) is 9.22. The van der Waals surface area contributed by atoms with Gasteiger partial charge in [0.15, 0.2) is 17.1 Å². The summed E-state index contributed by atoms with van der Waals surface area (Å²) >= 11 is 0. The van der Waals surface area contributed by atoms with E-state index in [1.54, 1.807) is 6.07 Å². The van der Waals surface area contributed by atoms with Crippen molar-refractivity contribution in [1.29, 1.82) is 0 Å². The fourth-order valence-corrected chi connectivity index (χ4v) is 4.57. The third kappa shape index (κ3) is 6.48. The first-order chi connectivity index (χ1) is 20.7. The van der Waals surface area contributed by atoms with Gasteiger partial charge in [-0.2, -0.15) is 26.3 Å². The molecule has 12 heteroatoms. The molecule has 0 radical (unpaired) electrons. The number of carbonyl (C=O) groups excluding carboxylic acids is 1. The zero-order chi connectivity index (χ0) is 32.3. The predicted octanol–water partition coefficient (Wildman–Crippen LogP) is 8.45. The highest BCUT2D eigenvalue weighted by Crippen LogP contribution is 2.51. The van der Waals surface area contributed by atoms with Crippen LogP contribution in [-0.2, 0) is 11.5 Å². The van der Waals surface area contributed by atoms with Gasteiger partial charge >= 0.3 is 18.5 Å². The Morgan fingerprint density at radius 1 is 0.750 bits per heavy atom. The number of hydrogen-bond acceptors (Lipinski definition) is 3. The molecule has 1 amide bonds. The first kappa shape index (κ1) is 32.3. The van der Waals surface area contributed by atoms with Crippen LogP contribution in [0.4, 0.5) is 35.1 Å². The van der Waals surface area contributed by atoms with E-state index in [-0.39, 0.29) is 5.56 Å². The lowest BCUT2D eigenvalue weighted by Gasteiger charge is -2.42. The number of hydrogen-bond donors (Lipinski definition) is 1. The van der Waals surface area contributed by atoms with Crippen LogP contribution in [0.15, 0.2) is 97.1 Å². The van der Waals surface area contributed by atoms with Crippen molar-refractivity contribution in [2.45, 2.75) is 43.9 Å². The van der Waals surface area contributed by atoms with Gasteiger partial charge in [-0.05, 0) is 61.4 Å². The average Bonchev–Trinajstić information content (AvgIpc) is 2.97. The summed E-state index contributed by atoms with van der Waals surface area (Å²) in [6.07, 6.45) is -10.1. The van der Waals surface area contributed by atoms with E-state index in [1.807, 2.05) is 0 Å². The van der Waals surface area contributed by atoms with Crippen molar-refractivity contribution in [3.63, 3.8) is 0 Å². The SMILES string of the molecule is CC(C)Oc1cc([C@@](NC(=O)c2ccccc2)(c2cc(F)cc(OC(F)(F)C(F)F)c2)C(F)(F)c2ccccc2)ccc1F. The maximum atomic E-state index is 17.2. The number of benzene rings is 4. The summed E-state index contributed by atoms with van der Waals surface area (Å²) in [6.45, 7) is 3.07. The average molecular weight is 624 g/mol. The van der Waals surface area contributed by atoms with Crippen molar-refractivity contribution >= 4 is 5.91 Å². The van der Waals surface area contributed by atoms with Gasteiger partial charge in [0.25, 0.3) is 5.91 Å². The second-order valence-corrected chi connectivity index (χ2v) is 9.96. The molecule has 0 heterocycles. The monoisotopic (exact) mass is 623 g/mol. The molecule has 0 unspecified atom stereocenters. The molecule has 0 aliphatic carbocycles. The molecule has 0 aliphatic heterocycles. The summed E-state index contributed by atoms with van der Waals surface area (Å²) in [5.41, 5.74) is -5.51. The zero-order valence-electron chi connectivity index (χ0n) is 23.1. The molecule has 0 spiro atoms. The van der Waals surface area contributed by atoms with E-state index >= 15 is 13.2 Å². The van der Waals surface area contributed by atoms with Gasteiger partial charge in [0.1, 0.15) is 11.6 Å². The van der Waals surface area contributed by atoms with Crippen molar-refractivity contribution in [1.82, 2.24) is 5.32 Å². The van der Waals surface area contributed by atoms with Gasteiger partial charge in [0.05, 0.1) is 6.10 Å². The highest BCUT2D eigenvalue weighted by atomic mass is 19.3. The van der Waals surface area contributed by atoms with Gasteiger partial charge in [-0.25, -0.2) is 8.78 Å². The van der Waals surface area contributed by atoms with Crippen LogP contribution in [0.3, 0.4) is 0 Å². The van der Waals surface area contributed by atoms with Crippen molar-refractivity contribution in [3.8, 4) is 11.5 Å². The highest BCUT2D eigenvalue weighted by molar-refractivity contribution is 5.95. The Morgan fingerprint density at radius 3 is 1.95 bits per heavy atom. The number of alkyl halides is 6. The van der Waals surface area contributed by atoms with Gasteiger partial charge in [-0.3, -0.25) is 4.79 Å². The van der Waals surface area contributed by atoms with Crippen LogP contribution in [0.2, 0.25) is 0 Å². The molecule has 4 nitrogen and oxygen atoms in total. The maximum Gasteiger partial charge on any atom is 0.461 e. The molecule has 0 aromatic heterocycles. The molecule has 1 atom stereocenters. The van der Waals surface area contributed by atoms with E-state index in [2.05, 4.69) is 10.1 Å². The summed E-state index contributed by atoms with van der Waals surface area (Å²) in [6, 6.07) is 16.8. The van der Waals surface area contributed by atoms with Crippen molar-refractivity contribution < 1.29 is 49.4 Å². The Balaban J connectivity index is 2.10. The second kappa shape index (κ2) is 12.6. The van der Waals surface area contributed by atoms with E-state index in [9.17, 15) is 26.7 Å². The minimum atomic E-state index is -5.13. The molecule has 0 aliphatic rings. The summed E-state index contributed by atoms with van der Waals surface area (Å²) < 4.78 is 127. The van der Waals surface area contributed by atoms with Crippen molar-refractivity contribution in [2.75, 3.05) is 0 Å². The van der Waals surface area contributed by atoms with Crippen LogP contribution in [0.1, 0.15) is 40.9 Å². The lowest BCUT2D eigenvalue weighted by atomic mass is 9.74. The standard InChI is InChI=1S/C32H25F8NO3/c1-19(2)43-27-17-22(13-14-26(27)34)30(31(37,38)21-11-7-4-8-12-21,41-28(42)20-9-5-3-6-10-20)23-15-24(33)18-25(16-23)44-32(39,40)29(35)36/h3-19,29H,1-2H3,(H,41,42)/t30-/m1/s1. The fraction of sp³-hybridized carbons (Fsp3) is 0.219. The molecular formula is C32H25F8NO3. The highest BCUT2D eigenvalue weighted by Gasteiger charge is 2.59. The fourth-order valence-electron chi connectivity index (χ4n) is 4.57. The van der Waals surface area contributed by atoms with Gasteiger partial charge in [-0.1, -0.05) is 54.6 Å². The Bertz CT molecular complexity index is 1600. The molecule has 4 aromatic carbocycles. The molecule has 4 aromatic rings. The number of halogens is 8. The number of carbonyl (C=O) groups is 1. The number of amides is 1. The lowest BCUT2D eigenvalue weighted by Crippen LogP contribution is -2.57. The second-order valence-electron chi connectivity index (χ2n) is 9.96. The first-order valence-corrected chi connectivity index (χ1v) is 13.1. The smallest absolute Gasteiger partial charge is 0.461 e. The number of nitrogens with one attached hydrogen (secondary N) is 1. The topological polar surface area (TPSA) is 47.6 Å². The van der Waals surface area contributed by atoms with Gasteiger partial charge in [0, 0.05) is 17.2 Å². The van der Waals surface area contributed by atoms with Crippen molar-refractivity contribution in [3.05, 3.63) is 131 Å². The summed E-state index contributed by atoms with van der Waals surface area (Å²) in [4.78, 5) is 13.6. The normalized spacial score (nSPS) is 13.5. The molecular weight excluding hydrogens is 598 g/mol. The third-order valence-corrected chi connectivity index (χ3v) is 6.48. The number of ether oxygens (including phenoxy) is 2. The number of rotatable bonds is 11. The van der Waals surface area contributed by atoms with E-state index in [4.69, 9.17) is 4.74 Å². The van der Waals surface area contributed by atoms with E-state index < -0.39 is 75.8 Å². The van der Waals surface area contributed by atoms with E-state index in [0.29, 0.717) is 18.2 Å². The Morgan fingerprint density at radius 2 is 1.36 bits per heavy atom. The van der Waals surface area contributed by atoms with Gasteiger partial charge < -0.3 is 14.8 Å². The van der Waals surface area contributed by atoms with Crippen LogP contribution in [0.5, 0.6) is 11.5 Å². The van der Waals surface area contributed by atoms with Crippen LogP contribution in [-0.4, -0.2) is 24.5 Å². The summed E-state index contributed by atoms with van der Waals surface area (Å²) in [5, 5.41) is 2.23. The molecule has 0 saturated carbocycles. The molecule has 1 N–H and O–H groups in total. The molecule has 232 valence electrons. The lowest BCUT2D eigenvalue weighted by molar-refractivity contribution is -0.253.